The summed E-state index contributed by atoms with van der Waals surface area (Å²) in [5.41, 5.74) is 6.83. The molecule has 0 fully saturated rings. The minimum absolute atomic E-state index is 0.211. The minimum atomic E-state index is -0.335. The van der Waals surface area contributed by atoms with Crippen molar-refractivity contribution in [1.29, 1.82) is 0 Å². The molecule has 112 valence electrons. The Bertz CT molecular complexity index is 637. The molecule has 1 heterocycles. The molecule has 6 heteroatoms. The highest BCUT2D eigenvalue weighted by atomic mass is 16.5. The van der Waals surface area contributed by atoms with E-state index in [1.54, 1.807) is 0 Å². The third-order valence-electron chi connectivity index (χ3n) is 3.04. The summed E-state index contributed by atoms with van der Waals surface area (Å²) in [6.07, 6.45) is 0. The Hall–Kier alpha value is -2.34. The van der Waals surface area contributed by atoms with Gasteiger partial charge in [0.05, 0.1) is 20.3 Å². The summed E-state index contributed by atoms with van der Waals surface area (Å²) in [5.74, 6) is 1.18. The van der Waals surface area contributed by atoms with Crippen LogP contribution in [0.3, 0.4) is 0 Å². The predicted molar refractivity (Wildman–Crippen MR) is 79.6 cm³/mol. The van der Waals surface area contributed by atoms with Gasteiger partial charge in [-0.25, -0.2) is 4.68 Å². The highest BCUT2D eigenvalue weighted by molar-refractivity contribution is 5.29. The third kappa shape index (κ3) is 3.82. The van der Waals surface area contributed by atoms with Crippen LogP contribution in [0, 0.1) is 0 Å². The first-order chi connectivity index (χ1) is 10.1. The minimum Gasteiger partial charge on any atom is -0.494 e. The molecule has 1 atom stereocenters. The molecule has 2 N–H and O–H groups in total. The van der Waals surface area contributed by atoms with Crippen LogP contribution in [-0.2, 0) is 6.54 Å². The molecule has 2 rings (SSSR count). The van der Waals surface area contributed by atoms with E-state index in [-0.39, 0.29) is 18.1 Å². The molecule has 0 saturated heterocycles. The fraction of sp³-hybridized carbons (Fsp3) is 0.333. The SMILES string of the molecule is CCOc1ccc(C(N)Cn2nc(OC)ccc2=O)cc1. The van der Waals surface area contributed by atoms with Crippen molar-refractivity contribution in [2.24, 2.45) is 5.73 Å². The number of aromatic nitrogens is 2. The van der Waals surface area contributed by atoms with E-state index in [4.69, 9.17) is 15.2 Å². The Morgan fingerprint density at radius 3 is 2.57 bits per heavy atom. The fourth-order valence-electron chi connectivity index (χ4n) is 1.94. The number of hydrogen-bond donors (Lipinski definition) is 1. The van der Waals surface area contributed by atoms with E-state index >= 15 is 0 Å². The Morgan fingerprint density at radius 1 is 1.24 bits per heavy atom. The van der Waals surface area contributed by atoms with Crippen LogP contribution < -0.4 is 20.8 Å². The maximum absolute atomic E-state index is 11.8. The van der Waals surface area contributed by atoms with Gasteiger partial charge in [0.2, 0.25) is 5.88 Å². The quantitative estimate of drug-likeness (QED) is 0.868. The lowest BCUT2D eigenvalue weighted by Crippen LogP contribution is -2.28. The van der Waals surface area contributed by atoms with Crippen LogP contribution in [-0.4, -0.2) is 23.5 Å². The highest BCUT2D eigenvalue weighted by Gasteiger charge is 2.10. The molecule has 0 aliphatic heterocycles. The molecule has 0 radical (unpaired) electrons. The predicted octanol–water partition coefficient (Wildman–Crippen LogP) is 1.35. The van der Waals surface area contributed by atoms with Gasteiger partial charge in [0.15, 0.2) is 0 Å². The van der Waals surface area contributed by atoms with Gasteiger partial charge in [-0.1, -0.05) is 12.1 Å². The van der Waals surface area contributed by atoms with Crippen LogP contribution >= 0.6 is 0 Å². The monoisotopic (exact) mass is 289 g/mol. The van der Waals surface area contributed by atoms with Crippen molar-refractivity contribution in [2.45, 2.75) is 19.5 Å². The number of benzene rings is 1. The molecule has 0 aliphatic rings. The molecule has 2 aromatic rings. The van der Waals surface area contributed by atoms with Gasteiger partial charge in [0.25, 0.3) is 5.56 Å². The lowest BCUT2D eigenvalue weighted by atomic mass is 10.1. The molecule has 21 heavy (non-hydrogen) atoms. The molecule has 0 saturated carbocycles. The summed E-state index contributed by atoms with van der Waals surface area (Å²) >= 11 is 0. The van der Waals surface area contributed by atoms with E-state index in [0.29, 0.717) is 12.5 Å². The van der Waals surface area contributed by atoms with Gasteiger partial charge in [-0.3, -0.25) is 4.79 Å². The Labute approximate surface area is 123 Å². The van der Waals surface area contributed by atoms with Gasteiger partial charge in [-0.05, 0) is 24.6 Å². The summed E-state index contributed by atoms with van der Waals surface area (Å²) < 4.78 is 11.7. The van der Waals surface area contributed by atoms with Crippen molar-refractivity contribution in [3.8, 4) is 11.6 Å². The lowest BCUT2D eigenvalue weighted by Gasteiger charge is -2.14. The average Bonchev–Trinajstić information content (AvgIpc) is 2.50. The summed E-state index contributed by atoms with van der Waals surface area (Å²) in [4.78, 5) is 11.8. The van der Waals surface area contributed by atoms with Crippen LogP contribution in [0.2, 0.25) is 0 Å². The van der Waals surface area contributed by atoms with Crippen LogP contribution in [0.5, 0.6) is 11.6 Å². The van der Waals surface area contributed by atoms with Crippen molar-refractivity contribution < 1.29 is 9.47 Å². The molecular formula is C15H19N3O3. The van der Waals surface area contributed by atoms with Crippen molar-refractivity contribution in [1.82, 2.24) is 9.78 Å². The number of nitrogens with zero attached hydrogens (tertiary/aromatic N) is 2. The van der Waals surface area contributed by atoms with Crippen molar-refractivity contribution >= 4 is 0 Å². The number of nitrogens with two attached hydrogens (primary N) is 1. The standard InChI is InChI=1S/C15H19N3O3/c1-3-21-12-6-4-11(5-7-12)13(16)10-18-15(19)9-8-14(17-18)20-2/h4-9,13H,3,10,16H2,1-2H3. The highest BCUT2D eigenvalue weighted by Crippen LogP contribution is 2.17. The van der Waals surface area contributed by atoms with Gasteiger partial charge < -0.3 is 15.2 Å². The maximum Gasteiger partial charge on any atom is 0.267 e. The summed E-state index contributed by atoms with van der Waals surface area (Å²) in [6, 6.07) is 10.1. The third-order valence-corrected chi connectivity index (χ3v) is 3.04. The second-order valence-corrected chi connectivity index (χ2v) is 4.50. The molecule has 0 bridgehead atoms. The van der Waals surface area contributed by atoms with Crippen LogP contribution in [0.1, 0.15) is 18.5 Å². The molecule has 1 aromatic heterocycles. The largest absolute Gasteiger partial charge is 0.494 e. The van der Waals surface area contributed by atoms with Gasteiger partial charge in [0.1, 0.15) is 5.75 Å². The van der Waals surface area contributed by atoms with Crippen LogP contribution in [0.25, 0.3) is 0 Å². The number of rotatable bonds is 6. The van der Waals surface area contributed by atoms with E-state index < -0.39 is 0 Å². The zero-order chi connectivity index (χ0) is 15.2. The first-order valence-corrected chi connectivity index (χ1v) is 6.74. The van der Waals surface area contributed by atoms with Crippen molar-refractivity contribution in [2.75, 3.05) is 13.7 Å². The van der Waals surface area contributed by atoms with Crippen LogP contribution in [0.15, 0.2) is 41.2 Å². The lowest BCUT2D eigenvalue weighted by molar-refractivity contribution is 0.340. The summed E-state index contributed by atoms with van der Waals surface area (Å²) in [5, 5.41) is 4.08. The van der Waals surface area contributed by atoms with E-state index in [1.807, 2.05) is 31.2 Å². The zero-order valence-electron chi connectivity index (χ0n) is 12.2. The summed E-state index contributed by atoms with van der Waals surface area (Å²) in [7, 11) is 1.50. The molecule has 1 aromatic carbocycles. The normalized spacial score (nSPS) is 12.0. The smallest absolute Gasteiger partial charge is 0.267 e. The number of ether oxygens (including phenoxy) is 2. The molecule has 1 unspecified atom stereocenters. The molecular weight excluding hydrogens is 270 g/mol. The van der Waals surface area contributed by atoms with E-state index in [2.05, 4.69) is 5.10 Å². The van der Waals surface area contributed by atoms with Gasteiger partial charge in [0, 0.05) is 18.2 Å². The van der Waals surface area contributed by atoms with Crippen molar-refractivity contribution in [3.63, 3.8) is 0 Å². The zero-order valence-corrected chi connectivity index (χ0v) is 12.2. The molecule has 6 nitrogen and oxygen atoms in total. The van der Waals surface area contributed by atoms with Gasteiger partial charge in [-0.2, -0.15) is 0 Å². The Kier molecular flexibility index (Phi) is 4.94. The molecule has 0 amide bonds. The molecule has 0 spiro atoms. The topological polar surface area (TPSA) is 79.4 Å². The first-order valence-electron chi connectivity index (χ1n) is 6.74. The Balaban J connectivity index is 2.13. The number of methoxy groups -OCH3 is 1. The van der Waals surface area contributed by atoms with Crippen LogP contribution in [0.4, 0.5) is 0 Å². The first kappa shape index (κ1) is 15.1. The van der Waals surface area contributed by atoms with Crippen molar-refractivity contribution in [3.05, 3.63) is 52.3 Å². The van der Waals surface area contributed by atoms with E-state index in [1.165, 1.54) is 23.9 Å². The Morgan fingerprint density at radius 2 is 1.95 bits per heavy atom. The maximum atomic E-state index is 11.8. The van der Waals surface area contributed by atoms with E-state index in [9.17, 15) is 4.79 Å². The second-order valence-electron chi connectivity index (χ2n) is 4.50. The van der Waals surface area contributed by atoms with E-state index in [0.717, 1.165) is 11.3 Å². The fourth-order valence-corrected chi connectivity index (χ4v) is 1.94. The average molecular weight is 289 g/mol. The van der Waals surface area contributed by atoms with Gasteiger partial charge in [-0.15, -0.1) is 5.10 Å². The summed E-state index contributed by atoms with van der Waals surface area (Å²) in [6.45, 7) is 2.83. The molecule has 0 aliphatic carbocycles. The second kappa shape index (κ2) is 6.90. The number of hydrogen-bond acceptors (Lipinski definition) is 5. The van der Waals surface area contributed by atoms with Gasteiger partial charge >= 0.3 is 0 Å².